The molecule has 1 fully saturated rings. The van der Waals surface area contributed by atoms with Crippen molar-refractivity contribution in [3.63, 3.8) is 0 Å². The average Bonchev–Trinajstić information content (AvgIpc) is 3.26. The van der Waals surface area contributed by atoms with Crippen molar-refractivity contribution < 1.29 is 18.0 Å². The number of hydrogen-bond donors (Lipinski definition) is 1. The third kappa shape index (κ3) is 5.63. The Hall–Kier alpha value is -2.33. The van der Waals surface area contributed by atoms with Gasteiger partial charge in [0.1, 0.15) is 0 Å². The van der Waals surface area contributed by atoms with Gasteiger partial charge >= 0.3 is 0 Å². The lowest BCUT2D eigenvalue weighted by molar-refractivity contribution is -0.134. The minimum absolute atomic E-state index is 0.0302. The van der Waals surface area contributed by atoms with Crippen LogP contribution in [0.4, 0.5) is 0 Å². The molecule has 1 saturated heterocycles. The van der Waals surface area contributed by atoms with Gasteiger partial charge in [0.05, 0.1) is 35.7 Å². The highest BCUT2D eigenvalue weighted by atomic mass is 32.2. The van der Waals surface area contributed by atoms with E-state index in [-0.39, 0.29) is 41.7 Å². The summed E-state index contributed by atoms with van der Waals surface area (Å²) in [7, 11) is -1.16. The second kappa shape index (κ2) is 9.65. The van der Waals surface area contributed by atoms with Crippen LogP contribution in [0, 0.1) is 0 Å². The van der Waals surface area contributed by atoms with Gasteiger partial charge < -0.3 is 14.8 Å². The number of aromatic nitrogens is 2. The van der Waals surface area contributed by atoms with Gasteiger partial charge in [0.2, 0.25) is 11.8 Å². The highest BCUT2D eigenvalue weighted by Crippen LogP contribution is 2.24. The zero-order valence-corrected chi connectivity index (χ0v) is 18.7. The molecule has 162 valence electrons. The highest BCUT2D eigenvalue weighted by molar-refractivity contribution is 7.99. The molecule has 0 spiro atoms. The summed E-state index contributed by atoms with van der Waals surface area (Å²) in [5.41, 5.74) is 2.01. The van der Waals surface area contributed by atoms with Crippen LogP contribution in [0.3, 0.4) is 0 Å². The largest absolute Gasteiger partial charge is 0.351 e. The standard InChI is InChI=1S/C20H26N4O4S2/c1-3-24(12-18(25)22-16-9-10-30(27,28)14-16)19(26)13-29-20-21-11-17(23(20)2)15-7-5-4-6-8-15/h4-8,11,16H,3,9-10,12-14H2,1-2H3,(H,22,25). The molecule has 8 nitrogen and oxygen atoms in total. The summed E-state index contributed by atoms with van der Waals surface area (Å²) in [6.07, 6.45) is 2.20. The fourth-order valence-electron chi connectivity index (χ4n) is 3.35. The molecule has 1 aliphatic rings. The van der Waals surface area contributed by atoms with E-state index in [0.29, 0.717) is 13.0 Å². The van der Waals surface area contributed by atoms with E-state index in [9.17, 15) is 18.0 Å². The molecule has 0 saturated carbocycles. The Labute approximate surface area is 181 Å². The van der Waals surface area contributed by atoms with E-state index >= 15 is 0 Å². The fraction of sp³-hybridized carbons (Fsp3) is 0.450. The number of hydrogen-bond acceptors (Lipinski definition) is 6. The number of amides is 2. The van der Waals surface area contributed by atoms with Gasteiger partial charge in [-0.25, -0.2) is 13.4 Å². The first-order valence-corrected chi connectivity index (χ1v) is 12.6. The van der Waals surface area contributed by atoms with E-state index in [1.54, 1.807) is 6.20 Å². The number of benzene rings is 1. The number of likely N-dealkylation sites (N-methyl/N-ethyl adjacent to an activating group) is 1. The third-order valence-corrected chi connectivity index (χ3v) is 7.80. The van der Waals surface area contributed by atoms with Crippen LogP contribution in [0.2, 0.25) is 0 Å². The molecule has 3 rings (SSSR count). The molecule has 0 radical (unpaired) electrons. The van der Waals surface area contributed by atoms with Crippen molar-refractivity contribution in [3.8, 4) is 11.3 Å². The molecule has 1 unspecified atom stereocenters. The maximum Gasteiger partial charge on any atom is 0.239 e. The summed E-state index contributed by atoms with van der Waals surface area (Å²) >= 11 is 1.32. The first-order valence-electron chi connectivity index (χ1n) is 9.76. The first-order chi connectivity index (χ1) is 14.3. The molecule has 1 aliphatic heterocycles. The van der Waals surface area contributed by atoms with E-state index in [4.69, 9.17) is 0 Å². The van der Waals surface area contributed by atoms with Gasteiger partial charge in [-0.2, -0.15) is 0 Å². The van der Waals surface area contributed by atoms with Gasteiger partial charge in [0.15, 0.2) is 15.0 Å². The SMILES string of the molecule is CCN(CC(=O)NC1CCS(=O)(=O)C1)C(=O)CSc1ncc(-c2ccccc2)n1C. The van der Waals surface area contributed by atoms with E-state index in [1.807, 2.05) is 48.9 Å². The van der Waals surface area contributed by atoms with Crippen molar-refractivity contribution in [3.05, 3.63) is 36.5 Å². The molecule has 2 aromatic rings. The minimum Gasteiger partial charge on any atom is -0.351 e. The van der Waals surface area contributed by atoms with Crippen LogP contribution in [0.15, 0.2) is 41.7 Å². The zero-order valence-electron chi connectivity index (χ0n) is 17.1. The summed E-state index contributed by atoms with van der Waals surface area (Å²) in [6, 6.07) is 9.52. The second-order valence-electron chi connectivity index (χ2n) is 7.22. The maximum absolute atomic E-state index is 12.6. The summed E-state index contributed by atoms with van der Waals surface area (Å²) in [5, 5.41) is 3.44. The molecular formula is C20H26N4O4S2. The van der Waals surface area contributed by atoms with Crippen LogP contribution in [0.1, 0.15) is 13.3 Å². The van der Waals surface area contributed by atoms with Crippen molar-refractivity contribution in [2.24, 2.45) is 7.05 Å². The lowest BCUT2D eigenvalue weighted by Gasteiger charge is -2.21. The summed E-state index contributed by atoms with van der Waals surface area (Å²) in [4.78, 5) is 30.7. The molecule has 30 heavy (non-hydrogen) atoms. The number of carbonyl (C=O) groups excluding carboxylic acids is 2. The molecule has 1 atom stereocenters. The topological polar surface area (TPSA) is 101 Å². The molecule has 0 aliphatic carbocycles. The second-order valence-corrected chi connectivity index (χ2v) is 10.4. The van der Waals surface area contributed by atoms with Gasteiger partial charge in [0.25, 0.3) is 0 Å². The predicted octanol–water partition coefficient (Wildman–Crippen LogP) is 1.33. The van der Waals surface area contributed by atoms with Crippen molar-refractivity contribution in [2.75, 3.05) is 30.3 Å². The van der Waals surface area contributed by atoms with Gasteiger partial charge in [-0.3, -0.25) is 9.59 Å². The van der Waals surface area contributed by atoms with Crippen LogP contribution in [0.25, 0.3) is 11.3 Å². The van der Waals surface area contributed by atoms with E-state index in [1.165, 1.54) is 16.7 Å². The van der Waals surface area contributed by atoms with Gasteiger partial charge in [-0.15, -0.1) is 0 Å². The Kier molecular flexibility index (Phi) is 7.19. The first kappa shape index (κ1) is 22.4. The smallest absolute Gasteiger partial charge is 0.239 e. The Morgan fingerprint density at radius 3 is 2.67 bits per heavy atom. The van der Waals surface area contributed by atoms with Crippen molar-refractivity contribution >= 4 is 33.4 Å². The normalized spacial score (nSPS) is 17.6. The molecule has 0 bridgehead atoms. The predicted molar refractivity (Wildman–Crippen MR) is 117 cm³/mol. The number of rotatable bonds is 8. The third-order valence-electron chi connectivity index (χ3n) is 5.01. The monoisotopic (exact) mass is 450 g/mol. The summed E-state index contributed by atoms with van der Waals surface area (Å²) < 4.78 is 25.0. The van der Waals surface area contributed by atoms with E-state index in [2.05, 4.69) is 10.3 Å². The number of nitrogens with one attached hydrogen (secondary N) is 1. The van der Waals surface area contributed by atoms with Crippen molar-refractivity contribution in [1.29, 1.82) is 0 Å². The molecular weight excluding hydrogens is 424 g/mol. The Morgan fingerprint density at radius 2 is 2.03 bits per heavy atom. The number of carbonyl (C=O) groups is 2. The van der Waals surface area contributed by atoms with Crippen molar-refractivity contribution in [2.45, 2.75) is 24.5 Å². The summed E-state index contributed by atoms with van der Waals surface area (Å²) in [6.45, 7) is 2.12. The van der Waals surface area contributed by atoms with Gasteiger partial charge in [-0.05, 0) is 18.9 Å². The van der Waals surface area contributed by atoms with Crippen LogP contribution in [0.5, 0.6) is 0 Å². The number of thioether (sulfide) groups is 1. The minimum atomic E-state index is -3.06. The van der Waals surface area contributed by atoms with Crippen LogP contribution < -0.4 is 5.32 Å². The highest BCUT2D eigenvalue weighted by Gasteiger charge is 2.29. The Balaban J connectivity index is 1.53. The maximum atomic E-state index is 12.6. The van der Waals surface area contributed by atoms with Gasteiger partial charge in [0, 0.05) is 19.6 Å². The molecule has 2 amide bonds. The van der Waals surface area contributed by atoms with E-state index in [0.717, 1.165) is 16.4 Å². The molecule has 1 aromatic carbocycles. The number of imidazole rings is 1. The van der Waals surface area contributed by atoms with Crippen LogP contribution in [-0.2, 0) is 26.5 Å². The molecule has 2 heterocycles. The lowest BCUT2D eigenvalue weighted by atomic mass is 10.2. The molecule has 1 aromatic heterocycles. The average molecular weight is 451 g/mol. The van der Waals surface area contributed by atoms with Gasteiger partial charge in [-0.1, -0.05) is 42.1 Å². The summed E-state index contributed by atoms with van der Waals surface area (Å²) in [5.74, 6) is -0.267. The number of sulfone groups is 1. The molecule has 1 N–H and O–H groups in total. The van der Waals surface area contributed by atoms with E-state index < -0.39 is 9.84 Å². The fourth-order valence-corrected chi connectivity index (χ4v) is 5.88. The Bertz CT molecular complexity index is 1010. The van der Waals surface area contributed by atoms with Crippen LogP contribution >= 0.6 is 11.8 Å². The lowest BCUT2D eigenvalue weighted by Crippen LogP contribution is -2.45. The Morgan fingerprint density at radius 1 is 1.30 bits per heavy atom. The van der Waals surface area contributed by atoms with Crippen molar-refractivity contribution in [1.82, 2.24) is 19.8 Å². The van der Waals surface area contributed by atoms with Crippen LogP contribution in [-0.4, -0.2) is 71.1 Å². The number of nitrogens with zero attached hydrogens (tertiary/aromatic N) is 3. The zero-order chi connectivity index (χ0) is 21.7. The quantitative estimate of drug-likeness (QED) is 0.609. The molecule has 10 heteroatoms.